The van der Waals surface area contributed by atoms with Crippen molar-refractivity contribution >= 4 is 5.91 Å². The van der Waals surface area contributed by atoms with Crippen LogP contribution < -0.4 is 10.1 Å². The number of aryl methyl sites for hydroxylation is 1. The Kier molecular flexibility index (Phi) is 6.19. The predicted octanol–water partition coefficient (Wildman–Crippen LogP) is 4.61. The molecule has 1 amide bonds. The molecule has 0 bridgehead atoms. The van der Waals surface area contributed by atoms with Crippen LogP contribution in [0.2, 0.25) is 0 Å². The van der Waals surface area contributed by atoms with Gasteiger partial charge in [-0.2, -0.15) is 0 Å². The van der Waals surface area contributed by atoms with E-state index in [1.54, 1.807) is 19.3 Å². The Morgan fingerprint density at radius 2 is 1.96 bits per heavy atom. The summed E-state index contributed by atoms with van der Waals surface area (Å²) in [4.78, 5) is 12.6. The highest BCUT2D eigenvalue weighted by Gasteiger charge is 2.15. The summed E-state index contributed by atoms with van der Waals surface area (Å²) in [6.07, 6.45) is 3.31. The highest BCUT2D eigenvalue weighted by molar-refractivity contribution is 5.94. The summed E-state index contributed by atoms with van der Waals surface area (Å²) in [6, 6.07) is 13.8. The first-order chi connectivity index (χ1) is 11.6. The fraction of sp³-hybridized carbons (Fsp3) is 0.286. The smallest absolute Gasteiger partial charge is 0.251 e. The minimum Gasteiger partial charge on any atom is -0.496 e. The van der Waals surface area contributed by atoms with Crippen molar-refractivity contribution in [3.05, 3.63) is 77.4 Å². The standard InChI is InChI=1S/C21H25NO2/c1-5-7-17-14-18(12-13-20(17)24-4)21(23)22-19(6-2)16-10-8-15(3)9-11-16/h5,8-14,19H,1,6-7H2,2-4H3,(H,22,23)/t19-/m1/s1. The summed E-state index contributed by atoms with van der Waals surface area (Å²) in [7, 11) is 1.63. The van der Waals surface area contributed by atoms with Crippen molar-refractivity contribution in [3.63, 3.8) is 0 Å². The molecule has 0 fully saturated rings. The molecule has 0 aromatic heterocycles. The van der Waals surface area contributed by atoms with Crippen LogP contribution in [0.4, 0.5) is 0 Å². The zero-order chi connectivity index (χ0) is 17.5. The Hall–Kier alpha value is -2.55. The SMILES string of the molecule is C=CCc1cc(C(=O)N[C@H](CC)c2ccc(C)cc2)ccc1OC. The number of benzene rings is 2. The van der Waals surface area contributed by atoms with Gasteiger partial charge in [0.2, 0.25) is 0 Å². The summed E-state index contributed by atoms with van der Waals surface area (Å²) in [5, 5.41) is 3.12. The first kappa shape index (κ1) is 17.8. The van der Waals surface area contributed by atoms with Crippen molar-refractivity contribution in [2.45, 2.75) is 32.7 Å². The maximum Gasteiger partial charge on any atom is 0.251 e. The maximum atomic E-state index is 12.6. The number of nitrogens with one attached hydrogen (secondary N) is 1. The van der Waals surface area contributed by atoms with Crippen LogP contribution in [0.3, 0.4) is 0 Å². The van der Waals surface area contributed by atoms with Gasteiger partial charge in [0.1, 0.15) is 5.75 Å². The molecule has 24 heavy (non-hydrogen) atoms. The largest absolute Gasteiger partial charge is 0.496 e. The first-order valence-corrected chi connectivity index (χ1v) is 8.24. The van der Waals surface area contributed by atoms with Gasteiger partial charge in [0.05, 0.1) is 13.2 Å². The summed E-state index contributed by atoms with van der Waals surface area (Å²) in [5.74, 6) is 0.701. The number of rotatable bonds is 7. The van der Waals surface area contributed by atoms with Crippen LogP contribution in [0.15, 0.2) is 55.1 Å². The number of methoxy groups -OCH3 is 1. The van der Waals surface area contributed by atoms with E-state index in [1.807, 2.05) is 12.1 Å². The lowest BCUT2D eigenvalue weighted by atomic mass is 10.0. The van der Waals surface area contributed by atoms with Crippen LogP contribution in [0.25, 0.3) is 0 Å². The molecule has 0 aliphatic carbocycles. The van der Waals surface area contributed by atoms with Crippen LogP contribution in [0, 0.1) is 6.92 Å². The van der Waals surface area contributed by atoms with Crippen molar-refractivity contribution in [3.8, 4) is 5.75 Å². The van der Waals surface area contributed by atoms with Gasteiger partial charge >= 0.3 is 0 Å². The molecular weight excluding hydrogens is 298 g/mol. The molecule has 2 aromatic rings. The molecule has 3 nitrogen and oxygen atoms in total. The second kappa shape index (κ2) is 8.34. The van der Waals surface area contributed by atoms with Gasteiger partial charge in [-0.05, 0) is 49.1 Å². The number of allylic oxidation sites excluding steroid dienone is 1. The van der Waals surface area contributed by atoms with Crippen LogP contribution in [0.1, 0.15) is 46.4 Å². The molecule has 0 unspecified atom stereocenters. The molecule has 1 N–H and O–H groups in total. The fourth-order valence-electron chi connectivity index (χ4n) is 2.70. The third kappa shape index (κ3) is 4.25. The summed E-state index contributed by atoms with van der Waals surface area (Å²) in [5.41, 5.74) is 3.93. The van der Waals surface area contributed by atoms with Crippen LogP contribution in [-0.2, 0) is 6.42 Å². The Bertz CT molecular complexity index is 704. The number of carbonyl (C=O) groups excluding carboxylic acids is 1. The monoisotopic (exact) mass is 323 g/mol. The number of hydrogen-bond donors (Lipinski definition) is 1. The van der Waals surface area contributed by atoms with Gasteiger partial charge in [-0.25, -0.2) is 0 Å². The van der Waals surface area contributed by atoms with Crippen molar-refractivity contribution in [1.82, 2.24) is 5.32 Å². The molecule has 0 saturated carbocycles. The quantitative estimate of drug-likeness (QED) is 0.755. The Morgan fingerprint density at radius 1 is 1.25 bits per heavy atom. The first-order valence-electron chi connectivity index (χ1n) is 8.24. The molecule has 0 radical (unpaired) electrons. The Morgan fingerprint density at radius 3 is 2.54 bits per heavy atom. The minimum atomic E-state index is -0.0737. The van der Waals surface area contributed by atoms with Gasteiger partial charge in [-0.15, -0.1) is 6.58 Å². The normalized spacial score (nSPS) is 11.6. The highest BCUT2D eigenvalue weighted by Crippen LogP contribution is 2.22. The van der Waals surface area contributed by atoms with Crippen LogP contribution in [0.5, 0.6) is 5.75 Å². The molecule has 0 heterocycles. The van der Waals surface area contributed by atoms with Crippen molar-refractivity contribution in [2.75, 3.05) is 7.11 Å². The molecular formula is C21H25NO2. The average Bonchev–Trinajstić information content (AvgIpc) is 2.60. The number of ether oxygens (including phenoxy) is 1. The van der Waals surface area contributed by atoms with Gasteiger partial charge in [-0.3, -0.25) is 4.79 Å². The van der Waals surface area contributed by atoms with E-state index >= 15 is 0 Å². The summed E-state index contributed by atoms with van der Waals surface area (Å²) < 4.78 is 5.34. The lowest BCUT2D eigenvalue weighted by molar-refractivity contribution is 0.0935. The highest BCUT2D eigenvalue weighted by atomic mass is 16.5. The van der Waals surface area contributed by atoms with Crippen molar-refractivity contribution in [1.29, 1.82) is 0 Å². The molecule has 0 aliphatic heterocycles. The van der Waals surface area contributed by atoms with E-state index in [2.05, 4.69) is 50.0 Å². The molecule has 1 atom stereocenters. The third-order valence-electron chi connectivity index (χ3n) is 4.10. The van der Waals surface area contributed by atoms with E-state index < -0.39 is 0 Å². The zero-order valence-electron chi connectivity index (χ0n) is 14.6. The second-order valence-corrected chi connectivity index (χ2v) is 5.86. The average molecular weight is 323 g/mol. The molecule has 0 aliphatic rings. The van der Waals surface area contributed by atoms with Gasteiger partial charge in [0.15, 0.2) is 0 Å². The molecule has 0 saturated heterocycles. The van der Waals surface area contributed by atoms with Gasteiger partial charge in [0.25, 0.3) is 5.91 Å². The predicted molar refractivity (Wildman–Crippen MR) is 98.6 cm³/mol. The van der Waals surface area contributed by atoms with E-state index in [4.69, 9.17) is 4.74 Å². The minimum absolute atomic E-state index is 0.00283. The van der Waals surface area contributed by atoms with E-state index in [9.17, 15) is 4.79 Å². The second-order valence-electron chi connectivity index (χ2n) is 5.86. The molecule has 126 valence electrons. The van der Waals surface area contributed by atoms with Crippen molar-refractivity contribution < 1.29 is 9.53 Å². The van der Waals surface area contributed by atoms with E-state index in [-0.39, 0.29) is 11.9 Å². The van der Waals surface area contributed by atoms with Crippen molar-refractivity contribution in [2.24, 2.45) is 0 Å². The lowest BCUT2D eigenvalue weighted by Crippen LogP contribution is -2.28. The molecule has 3 heteroatoms. The van der Waals surface area contributed by atoms with E-state index in [0.717, 1.165) is 23.3 Å². The summed E-state index contributed by atoms with van der Waals surface area (Å²) >= 11 is 0. The summed E-state index contributed by atoms with van der Waals surface area (Å²) in [6.45, 7) is 7.89. The fourth-order valence-corrected chi connectivity index (χ4v) is 2.70. The topological polar surface area (TPSA) is 38.3 Å². The van der Waals surface area contributed by atoms with Crippen LogP contribution >= 0.6 is 0 Å². The van der Waals surface area contributed by atoms with E-state index in [1.165, 1.54) is 5.56 Å². The Balaban J connectivity index is 2.19. The lowest BCUT2D eigenvalue weighted by Gasteiger charge is -2.18. The number of carbonyl (C=O) groups is 1. The van der Waals surface area contributed by atoms with Gasteiger partial charge in [-0.1, -0.05) is 42.8 Å². The van der Waals surface area contributed by atoms with E-state index in [0.29, 0.717) is 12.0 Å². The zero-order valence-corrected chi connectivity index (χ0v) is 14.6. The molecule has 2 rings (SSSR count). The van der Waals surface area contributed by atoms with Crippen LogP contribution in [-0.4, -0.2) is 13.0 Å². The molecule has 0 spiro atoms. The van der Waals surface area contributed by atoms with Gasteiger partial charge in [0, 0.05) is 5.56 Å². The Labute approximate surface area is 144 Å². The third-order valence-corrected chi connectivity index (χ3v) is 4.10. The maximum absolute atomic E-state index is 12.6. The molecule has 2 aromatic carbocycles. The number of amides is 1. The van der Waals surface area contributed by atoms with Gasteiger partial charge < -0.3 is 10.1 Å². The number of hydrogen-bond acceptors (Lipinski definition) is 2.